The van der Waals surface area contributed by atoms with Gasteiger partial charge in [0.25, 0.3) is 0 Å². The molecule has 1 atom stereocenters. The zero-order valence-corrected chi connectivity index (χ0v) is 15.5. The number of fused-ring (bicyclic) bond motifs is 1. The Morgan fingerprint density at radius 2 is 1.42 bits per heavy atom. The van der Waals surface area contributed by atoms with Crippen molar-refractivity contribution in [2.75, 3.05) is 0 Å². The van der Waals surface area contributed by atoms with Crippen molar-refractivity contribution >= 4 is 17.7 Å². The van der Waals surface area contributed by atoms with E-state index in [1.165, 1.54) is 10.5 Å². The summed E-state index contributed by atoms with van der Waals surface area (Å²) >= 11 is 1.66. The highest BCUT2D eigenvalue weighted by Gasteiger charge is 2.35. The summed E-state index contributed by atoms with van der Waals surface area (Å²) in [6.07, 6.45) is 0.784. The van der Waals surface area contributed by atoms with Crippen molar-refractivity contribution in [1.82, 2.24) is 5.32 Å². The fraction of sp³-hybridized carbons (Fsp3) is 0.174. The van der Waals surface area contributed by atoms with Crippen LogP contribution >= 0.6 is 11.8 Å². The van der Waals surface area contributed by atoms with E-state index in [1.807, 2.05) is 48.5 Å². The van der Waals surface area contributed by atoms with E-state index in [1.54, 1.807) is 11.8 Å². The van der Waals surface area contributed by atoms with Gasteiger partial charge >= 0.3 is 0 Å². The number of carbonyl (C=O) groups excluding carboxylic acids is 1. The lowest BCUT2D eigenvalue weighted by molar-refractivity contribution is -0.122. The van der Waals surface area contributed by atoms with E-state index in [2.05, 4.69) is 48.6 Å². The van der Waals surface area contributed by atoms with Crippen molar-refractivity contribution < 1.29 is 4.79 Å². The first-order valence-corrected chi connectivity index (χ1v) is 9.72. The van der Waals surface area contributed by atoms with E-state index in [4.69, 9.17) is 0 Å². The Labute approximate surface area is 158 Å². The summed E-state index contributed by atoms with van der Waals surface area (Å²) in [4.78, 5) is 14.4. The Bertz CT molecular complexity index is 843. The molecule has 0 spiro atoms. The number of nitrogens with one attached hydrogen (secondary N) is 1. The fourth-order valence-electron chi connectivity index (χ4n) is 3.51. The molecule has 1 N–H and O–H groups in total. The van der Waals surface area contributed by atoms with Crippen LogP contribution in [0.25, 0.3) is 0 Å². The minimum Gasteiger partial charge on any atom is -0.342 e. The first-order chi connectivity index (χ1) is 12.7. The molecule has 130 valence electrons. The smallest absolute Gasteiger partial charge is 0.234 e. The molecule has 1 unspecified atom stereocenters. The van der Waals surface area contributed by atoms with Crippen LogP contribution in [0.3, 0.4) is 0 Å². The second kappa shape index (κ2) is 7.00. The van der Waals surface area contributed by atoms with Crippen molar-refractivity contribution in [3.63, 3.8) is 0 Å². The quantitative estimate of drug-likeness (QED) is 0.726. The molecule has 2 nitrogen and oxygen atoms in total. The van der Waals surface area contributed by atoms with Gasteiger partial charge in [0.1, 0.15) is 0 Å². The standard InChI is InChI=1S/C23H21NOS/c1-23(18-11-4-2-5-12-18,19-13-6-3-7-14-19)24-22(25)21-16-17-10-8-9-15-20(17)26-21/h2-15,21H,16H2,1H3,(H,24,25). The van der Waals surface area contributed by atoms with Gasteiger partial charge in [-0.1, -0.05) is 78.9 Å². The maximum atomic E-state index is 13.1. The van der Waals surface area contributed by atoms with Gasteiger partial charge in [-0.3, -0.25) is 4.79 Å². The maximum absolute atomic E-state index is 13.1. The average molecular weight is 359 g/mol. The van der Waals surface area contributed by atoms with Crippen LogP contribution in [0.5, 0.6) is 0 Å². The predicted octanol–water partition coefficient (Wildman–Crippen LogP) is 4.78. The zero-order chi connectivity index (χ0) is 18.0. The second-order valence-corrected chi connectivity index (χ2v) is 8.01. The molecule has 4 rings (SSSR count). The number of carbonyl (C=O) groups is 1. The fourth-order valence-corrected chi connectivity index (χ4v) is 4.70. The van der Waals surface area contributed by atoms with Gasteiger partial charge in [-0.2, -0.15) is 0 Å². The van der Waals surface area contributed by atoms with Gasteiger partial charge in [-0.05, 0) is 36.1 Å². The lowest BCUT2D eigenvalue weighted by Gasteiger charge is -2.33. The van der Waals surface area contributed by atoms with Crippen molar-refractivity contribution in [2.45, 2.75) is 29.0 Å². The number of hydrogen-bond acceptors (Lipinski definition) is 2. The van der Waals surface area contributed by atoms with Gasteiger partial charge in [-0.15, -0.1) is 11.8 Å². The molecule has 0 radical (unpaired) electrons. The van der Waals surface area contributed by atoms with Gasteiger partial charge in [0.15, 0.2) is 0 Å². The Balaban J connectivity index is 1.63. The molecule has 0 aliphatic carbocycles. The number of benzene rings is 3. The van der Waals surface area contributed by atoms with E-state index < -0.39 is 5.54 Å². The van der Waals surface area contributed by atoms with Crippen molar-refractivity contribution in [2.24, 2.45) is 0 Å². The molecule has 26 heavy (non-hydrogen) atoms. The van der Waals surface area contributed by atoms with Gasteiger partial charge in [-0.25, -0.2) is 0 Å². The largest absolute Gasteiger partial charge is 0.342 e. The maximum Gasteiger partial charge on any atom is 0.234 e. The van der Waals surface area contributed by atoms with Crippen LogP contribution in [0, 0.1) is 0 Å². The van der Waals surface area contributed by atoms with Crippen LogP contribution in [0.2, 0.25) is 0 Å². The molecule has 1 heterocycles. The van der Waals surface area contributed by atoms with Crippen LogP contribution in [0.4, 0.5) is 0 Å². The minimum absolute atomic E-state index is 0.0841. The lowest BCUT2D eigenvalue weighted by Crippen LogP contribution is -2.47. The van der Waals surface area contributed by atoms with Crippen LogP contribution in [0.15, 0.2) is 89.8 Å². The van der Waals surface area contributed by atoms with Crippen molar-refractivity contribution in [3.05, 3.63) is 102 Å². The molecule has 0 aromatic heterocycles. The lowest BCUT2D eigenvalue weighted by atomic mass is 9.84. The van der Waals surface area contributed by atoms with Crippen molar-refractivity contribution in [3.8, 4) is 0 Å². The minimum atomic E-state index is -0.561. The molecule has 0 bridgehead atoms. The zero-order valence-electron chi connectivity index (χ0n) is 14.7. The van der Waals surface area contributed by atoms with Crippen LogP contribution in [0.1, 0.15) is 23.6 Å². The predicted molar refractivity (Wildman–Crippen MR) is 107 cm³/mol. The highest BCUT2D eigenvalue weighted by Crippen LogP contribution is 2.38. The number of rotatable bonds is 4. The first kappa shape index (κ1) is 16.9. The van der Waals surface area contributed by atoms with Crippen LogP contribution in [-0.4, -0.2) is 11.2 Å². The molecule has 3 heteroatoms. The molecular formula is C23H21NOS. The third kappa shape index (κ3) is 3.15. The summed E-state index contributed by atoms with van der Waals surface area (Å²) in [6, 6.07) is 28.6. The normalized spacial score (nSPS) is 16.1. The summed E-state index contributed by atoms with van der Waals surface area (Å²) in [6.45, 7) is 2.09. The molecular weight excluding hydrogens is 338 g/mol. The van der Waals surface area contributed by atoms with Crippen molar-refractivity contribution in [1.29, 1.82) is 0 Å². The number of hydrogen-bond donors (Lipinski definition) is 1. The molecule has 0 saturated heterocycles. The van der Waals surface area contributed by atoms with E-state index in [-0.39, 0.29) is 11.2 Å². The third-order valence-corrected chi connectivity index (χ3v) is 6.33. The Morgan fingerprint density at radius 3 is 2.00 bits per heavy atom. The first-order valence-electron chi connectivity index (χ1n) is 8.84. The molecule has 3 aromatic rings. The molecule has 0 saturated carbocycles. The van der Waals surface area contributed by atoms with E-state index in [0.29, 0.717) is 0 Å². The van der Waals surface area contributed by atoms with Gasteiger partial charge < -0.3 is 5.32 Å². The summed E-state index contributed by atoms with van der Waals surface area (Å²) in [5.41, 5.74) is 2.87. The van der Waals surface area contributed by atoms with Crippen LogP contribution < -0.4 is 5.32 Å². The van der Waals surface area contributed by atoms with Gasteiger partial charge in [0.05, 0.1) is 10.8 Å². The molecule has 1 aliphatic rings. The SMILES string of the molecule is CC(NC(=O)C1Cc2ccccc2S1)(c1ccccc1)c1ccccc1. The molecule has 1 aliphatic heterocycles. The molecule has 3 aromatic carbocycles. The Morgan fingerprint density at radius 1 is 0.885 bits per heavy atom. The molecule has 1 amide bonds. The summed E-state index contributed by atoms with van der Waals surface area (Å²) in [5.74, 6) is 0.0846. The Hall–Kier alpha value is -2.52. The average Bonchev–Trinajstić information content (AvgIpc) is 3.14. The number of thioether (sulfide) groups is 1. The number of amides is 1. The highest BCUT2D eigenvalue weighted by molar-refractivity contribution is 8.01. The third-order valence-electron chi connectivity index (χ3n) is 5.02. The second-order valence-electron chi connectivity index (χ2n) is 6.76. The monoisotopic (exact) mass is 359 g/mol. The van der Waals surface area contributed by atoms with Crippen LogP contribution in [-0.2, 0) is 16.8 Å². The summed E-state index contributed by atoms with van der Waals surface area (Å²) in [5, 5.41) is 3.26. The summed E-state index contributed by atoms with van der Waals surface area (Å²) in [7, 11) is 0. The summed E-state index contributed by atoms with van der Waals surface area (Å²) < 4.78 is 0. The van der Waals surface area contributed by atoms with Gasteiger partial charge in [0, 0.05) is 4.90 Å². The topological polar surface area (TPSA) is 29.1 Å². The van der Waals surface area contributed by atoms with E-state index in [0.717, 1.165) is 17.5 Å². The van der Waals surface area contributed by atoms with E-state index >= 15 is 0 Å². The highest BCUT2D eigenvalue weighted by atomic mass is 32.2. The Kier molecular flexibility index (Phi) is 4.56. The molecule has 0 fully saturated rings. The van der Waals surface area contributed by atoms with Gasteiger partial charge in [0.2, 0.25) is 5.91 Å². The van der Waals surface area contributed by atoms with E-state index in [9.17, 15) is 4.79 Å².